The normalized spacial score (nSPS) is 22.1. The highest BCUT2D eigenvalue weighted by Crippen LogP contribution is 2.41. The van der Waals surface area contributed by atoms with Gasteiger partial charge in [0.1, 0.15) is 0 Å². The number of halogens is 4. The minimum absolute atomic E-state index is 0.00921. The highest BCUT2D eigenvalue weighted by atomic mass is 79.9. The van der Waals surface area contributed by atoms with Gasteiger partial charge in [-0.25, -0.2) is 8.42 Å². The number of hydrogen-bond acceptors (Lipinski definition) is 3. The van der Waals surface area contributed by atoms with Crippen LogP contribution in [0.15, 0.2) is 51.8 Å². The average molecular weight is 517 g/mol. The minimum Gasteiger partial charge on any atom is -0.370 e. The Kier molecular flexibility index (Phi) is 6.27. The number of fused-ring (bicyclic) bond motifs is 1. The van der Waals surface area contributed by atoms with Crippen LogP contribution in [0.2, 0.25) is 0 Å². The van der Waals surface area contributed by atoms with Crippen molar-refractivity contribution in [3.8, 4) is 0 Å². The van der Waals surface area contributed by atoms with Crippen LogP contribution in [0.5, 0.6) is 0 Å². The summed E-state index contributed by atoms with van der Waals surface area (Å²) in [4.78, 5) is 2.02. The lowest BCUT2D eigenvalue weighted by Gasteiger charge is -2.42. The van der Waals surface area contributed by atoms with E-state index in [0.29, 0.717) is 28.5 Å². The van der Waals surface area contributed by atoms with Gasteiger partial charge in [0.2, 0.25) is 0 Å². The van der Waals surface area contributed by atoms with Crippen LogP contribution in [0.3, 0.4) is 0 Å². The molecule has 1 heterocycles. The summed E-state index contributed by atoms with van der Waals surface area (Å²) in [5.41, 5.74) is -0.415. The van der Waals surface area contributed by atoms with Gasteiger partial charge in [0.15, 0.2) is 0 Å². The SMILES string of the molecule is O=S(=O)(Nc1cc(C(F)(F)F)ccc1N1CC[C@@H]2CCCCC2C1)c1ccc(Br)cc1. The first-order chi connectivity index (χ1) is 14.6. The van der Waals surface area contributed by atoms with Crippen molar-refractivity contribution in [2.45, 2.75) is 43.2 Å². The Morgan fingerprint density at radius 2 is 1.65 bits per heavy atom. The first-order valence-electron chi connectivity index (χ1n) is 10.4. The van der Waals surface area contributed by atoms with E-state index >= 15 is 0 Å². The number of rotatable bonds is 4. The van der Waals surface area contributed by atoms with Crippen LogP contribution in [0.4, 0.5) is 24.5 Å². The molecule has 1 aliphatic carbocycles. The molecule has 1 unspecified atom stereocenters. The molecule has 2 aromatic rings. The molecule has 168 valence electrons. The maximum atomic E-state index is 13.4. The number of anilines is 2. The van der Waals surface area contributed by atoms with E-state index in [1.165, 1.54) is 37.5 Å². The van der Waals surface area contributed by atoms with Crippen LogP contribution < -0.4 is 9.62 Å². The van der Waals surface area contributed by atoms with Crippen molar-refractivity contribution in [3.05, 3.63) is 52.5 Å². The van der Waals surface area contributed by atoms with Crippen molar-refractivity contribution in [1.29, 1.82) is 0 Å². The standard InChI is InChI=1S/C22H24BrF3N2O2S/c23-18-6-8-19(9-7-18)31(29,30)27-20-13-17(22(24,25)26)5-10-21(20)28-12-11-15-3-1-2-4-16(15)14-28/h5-10,13,15-16,27H,1-4,11-12,14H2/t15-,16?/m0/s1. The van der Waals surface area contributed by atoms with E-state index in [1.807, 2.05) is 4.90 Å². The summed E-state index contributed by atoms with van der Waals surface area (Å²) < 4.78 is 69.1. The van der Waals surface area contributed by atoms with Gasteiger partial charge in [0.05, 0.1) is 21.8 Å². The van der Waals surface area contributed by atoms with E-state index in [2.05, 4.69) is 20.7 Å². The molecule has 31 heavy (non-hydrogen) atoms. The number of hydrogen-bond donors (Lipinski definition) is 1. The molecule has 0 amide bonds. The highest BCUT2D eigenvalue weighted by Gasteiger charge is 2.35. The third-order valence-electron chi connectivity index (χ3n) is 6.32. The van der Waals surface area contributed by atoms with Crippen molar-refractivity contribution in [2.75, 3.05) is 22.7 Å². The largest absolute Gasteiger partial charge is 0.416 e. The lowest BCUT2D eigenvalue weighted by molar-refractivity contribution is -0.137. The second-order valence-electron chi connectivity index (χ2n) is 8.33. The second-order valence-corrected chi connectivity index (χ2v) is 10.9. The smallest absolute Gasteiger partial charge is 0.370 e. The Labute approximate surface area is 189 Å². The Bertz CT molecular complexity index is 1040. The summed E-state index contributed by atoms with van der Waals surface area (Å²) in [6.07, 6.45) is 1.14. The number of piperidine rings is 1. The number of nitrogens with one attached hydrogen (secondary N) is 1. The lowest BCUT2D eigenvalue weighted by Crippen LogP contribution is -2.42. The lowest BCUT2D eigenvalue weighted by atomic mass is 9.75. The number of nitrogens with zero attached hydrogens (tertiary/aromatic N) is 1. The van der Waals surface area contributed by atoms with E-state index in [-0.39, 0.29) is 10.6 Å². The molecule has 1 N–H and O–H groups in total. The van der Waals surface area contributed by atoms with Gasteiger partial charge < -0.3 is 4.90 Å². The molecule has 2 fully saturated rings. The summed E-state index contributed by atoms with van der Waals surface area (Å²) in [6, 6.07) is 9.30. The predicted molar refractivity (Wildman–Crippen MR) is 119 cm³/mol. The molecule has 0 spiro atoms. The molecule has 4 nitrogen and oxygen atoms in total. The Morgan fingerprint density at radius 3 is 2.32 bits per heavy atom. The van der Waals surface area contributed by atoms with Crippen LogP contribution in [0, 0.1) is 11.8 Å². The molecular formula is C22H24BrF3N2O2S. The van der Waals surface area contributed by atoms with Gasteiger partial charge in [-0.15, -0.1) is 0 Å². The van der Waals surface area contributed by atoms with Gasteiger partial charge in [-0.2, -0.15) is 13.2 Å². The summed E-state index contributed by atoms with van der Waals surface area (Å²) >= 11 is 3.26. The zero-order chi connectivity index (χ0) is 22.2. The van der Waals surface area contributed by atoms with Crippen LogP contribution in [0.25, 0.3) is 0 Å². The zero-order valence-corrected chi connectivity index (χ0v) is 19.2. The van der Waals surface area contributed by atoms with Crippen LogP contribution >= 0.6 is 15.9 Å². The van der Waals surface area contributed by atoms with Gasteiger partial charge in [0.25, 0.3) is 10.0 Å². The van der Waals surface area contributed by atoms with Gasteiger partial charge in [-0.1, -0.05) is 35.2 Å². The molecule has 2 atom stereocenters. The summed E-state index contributed by atoms with van der Waals surface area (Å²) in [5, 5.41) is 0. The fraction of sp³-hybridized carbons (Fsp3) is 0.455. The molecule has 4 rings (SSSR count). The molecule has 2 aromatic carbocycles. The van der Waals surface area contributed by atoms with Gasteiger partial charge >= 0.3 is 6.18 Å². The average Bonchev–Trinajstić information content (AvgIpc) is 2.73. The minimum atomic E-state index is -4.56. The predicted octanol–water partition coefficient (Wildman–Crippen LogP) is 6.29. The summed E-state index contributed by atoms with van der Waals surface area (Å²) in [5.74, 6) is 1.16. The third-order valence-corrected chi connectivity index (χ3v) is 8.23. The molecule has 1 saturated carbocycles. The van der Waals surface area contributed by atoms with Crippen LogP contribution in [-0.4, -0.2) is 21.5 Å². The summed E-state index contributed by atoms with van der Waals surface area (Å²) in [7, 11) is -4.04. The quantitative estimate of drug-likeness (QED) is 0.519. The second kappa shape index (κ2) is 8.65. The molecular weight excluding hydrogens is 493 g/mol. The van der Waals surface area contributed by atoms with Crippen molar-refractivity contribution in [1.82, 2.24) is 0 Å². The van der Waals surface area contributed by atoms with E-state index < -0.39 is 21.8 Å². The topological polar surface area (TPSA) is 49.4 Å². The van der Waals surface area contributed by atoms with Gasteiger partial charge in [0, 0.05) is 17.6 Å². The fourth-order valence-electron chi connectivity index (χ4n) is 4.71. The van der Waals surface area contributed by atoms with Crippen molar-refractivity contribution in [3.63, 3.8) is 0 Å². The first-order valence-corrected chi connectivity index (χ1v) is 12.7. The number of benzene rings is 2. The fourth-order valence-corrected chi connectivity index (χ4v) is 6.04. The first kappa shape index (κ1) is 22.5. The van der Waals surface area contributed by atoms with E-state index in [4.69, 9.17) is 0 Å². The van der Waals surface area contributed by atoms with Crippen molar-refractivity contribution < 1.29 is 21.6 Å². The molecule has 0 aromatic heterocycles. The van der Waals surface area contributed by atoms with E-state index in [1.54, 1.807) is 12.1 Å². The molecule has 1 saturated heterocycles. The van der Waals surface area contributed by atoms with E-state index in [9.17, 15) is 21.6 Å². The number of sulfonamides is 1. The monoisotopic (exact) mass is 516 g/mol. The van der Waals surface area contributed by atoms with Crippen LogP contribution in [0.1, 0.15) is 37.7 Å². The Hall–Kier alpha value is -1.74. The third kappa shape index (κ3) is 5.03. The van der Waals surface area contributed by atoms with Crippen molar-refractivity contribution in [2.24, 2.45) is 11.8 Å². The maximum absolute atomic E-state index is 13.4. The summed E-state index contributed by atoms with van der Waals surface area (Å²) in [6.45, 7) is 1.45. The van der Waals surface area contributed by atoms with Crippen molar-refractivity contribution >= 4 is 37.3 Å². The molecule has 0 radical (unpaired) electrons. The Morgan fingerprint density at radius 1 is 0.968 bits per heavy atom. The molecule has 9 heteroatoms. The molecule has 0 bridgehead atoms. The van der Waals surface area contributed by atoms with Gasteiger partial charge in [-0.05, 0) is 67.1 Å². The van der Waals surface area contributed by atoms with E-state index in [0.717, 1.165) is 31.5 Å². The Balaban J connectivity index is 1.68. The number of alkyl halides is 3. The zero-order valence-electron chi connectivity index (χ0n) is 16.8. The maximum Gasteiger partial charge on any atom is 0.416 e. The van der Waals surface area contributed by atoms with Gasteiger partial charge in [-0.3, -0.25) is 4.72 Å². The van der Waals surface area contributed by atoms with Crippen LogP contribution in [-0.2, 0) is 16.2 Å². The highest BCUT2D eigenvalue weighted by molar-refractivity contribution is 9.10. The molecule has 1 aliphatic heterocycles. The molecule has 2 aliphatic rings.